The molecule has 0 radical (unpaired) electrons. The lowest BCUT2D eigenvalue weighted by molar-refractivity contribution is -0.161. The van der Waals surface area contributed by atoms with E-state index in [1.54, 1.807) is 0 Å². The van der Waals surface area contributed by atoms with E-state index in [1.165, 1.54) is 116 Å². The summed E-state index contributed by atoms with van der Waals surface area (Å²) in [4.78, 5) is 46.1. The van der Waals surface area contributed by atoms with Crippen LogP contribution in [0, 0.1) is 0 Å². The number of carbonyl (C=O) groups is 3. The molecule has 0 saturated carbocycles. The Morgan fingerprint density at radius 1 is 0.508 bits per heavy atom. The first-order valence-corrected chi connectivity index (χ1v) is 26.3. The molecule has 0 spiro atoms. The van der Waals surface area contributed by atoms with Crippen molar-refractivity contribution in [3.05, 3.63) is 60.8 Å². The van der Waals surface area contributed by atoms with Gasteiger partial charge in [-0.25, -0.2) is 4.57 Å². The molecule has 0 heterocycles. The van der Waals surface area contributed by atoms with Gasteiger partial charge in [-0.1, -0.05) is 209 Å². The van der Waals surface area contributed by atoms with E-state index < -0.39 is 51.1 Å². The number of ether oxygens (including phenoxy) is 2. The van der Waals surface area contributed by atoms with E-state index in [-0.39, 0.29) is 19.4 Å². The zero-order valence-corrected chi connectivity index (χ0v) is 40.5. The predicted octanol–water partition coefficient (Wildman–Crippen LogP) is 13.9. The number of unbranched alkanes of at least 4 members (excludes halogenated alkanes) is 22. The number of carboxylic acid groups (broad SMARTS) is 1. The summed E-state index contributed by atoms with van der Waals surface area (Å²) < 4.78 is 32.7. The van der Waals surface area contributed by atoms with E-state index in [2.05, 4.69) is 67.0 Å². The molecule has 0 aromatic heterocycles. The molecule has 0 aliphatic rings. The highest BCUT2D eigenvalue weighted by molar-refractivity contribution is 7.47. The number of carbonyl (C=O) groups excluding carboxylic acids is 2. The van der Waals surface area contributed by atoms with Gasteiger partial charge in [0.15, 0.2) is 6.10 Å². The number of aliphatic carboxylic acids is 1. The molecule has 0 saturated heterocycles. The molecule has 3 atom stereocenters. The summed E-state index contributed by atoms with van der Waals surface area (Å²) >= 11 is 0. The second-order valence-electron chi connectivity index (χ2n) is 16.6. The summed E-state index contributed by atoms with van der Waals surface area (Å²) in [5.74, 6) is -2.45. The zero-order chi connectivity index (χ0) is 46.3. The van der Waals surface area contributed by atoms with Crippen LogP contribution in [-0.2, 0) is 37.5 Å². The third kappa shape index (κ3) is 45.5. The lowest BCUT2D eigenvalue weighted by atomic mass is 10.0. The maximum atomic E-state index is 12.6. The topological polar surface area (TPSA) is 172 Å². The Kier molecular flexibility index (Phi) is 43.7. The molecule has 0 fully saturated rings. The van der Waals surface area contributed by atoms with Crippen molar-refractivity contribution in [1.82, 2.24) is 0 Å². The van der Waals surface area contributed by atoms with Crippen LogP contribution in [0.3, 0.4) is 0 Å². The number of hydrogen-bond donors (Lipinski definition) is 3. The SMILES string of the molecule is CC/C=C\C/C=C\C/C=C\C/C=C\C/C=C\CCCC(=O)OC(COC(=O)CCCCCCCCCCCCCCCCCCCCCCCC)COP(=O)(O)OCC(N)C(=O)O. The molecule has 364 valence electrons. The second kappa shape index (κ2) is 45.7. The van der Waals surface area contributed by atoms with Crippen LogP contribution < -0.4 is 5.73 Å². The summed E-state index contributed by atoms with van der Waals surface area (Å²) in [7, 11) is -4.74. The van der Waals surface area contributed by atoms with Gasteiger partial charge in [0.05, 0.1) is 13.2 Å². The second-order valence-corrected chi connectivity index (χ2v) is 18.0. The maximum absolute atomic E-state index is 12.6. The van der Waals surface area contributed by atoms with Crippen LogP contribution in [-0.4, -0.2) is 59.9 Å². The number of carboxylic acids is 1. The van der Waals surface area contributed by atoms with E-state index in [1.807, 2.05) is 12.2 Å². The van der Waals surface area contributed by atoms with E-state index >= 15 is 0 Å². The minimum atomic E-state index is -4.74. The molecule has 4 N–H and O–H groups in total. The van der Waals surface area contributed by atoms with Crippen molar-refractivity contribution in [3.8, 4) is 0 Å². The van der Waals surface area contributed by atoms with Crippen molar-refractivity contribution in [2.24, 2.45) is 5.73 Å². The fourth-order valence-electron chi connectivity index (χ4n) is 6.69. The maximum Gasteiger partial charge on any atom is 0.472 e. The van der Waals surface area contributed by atoms with Gasteiger partial charge in [-0.2, -0.15) is 0 Å². The molecule has 0 bridgehead atoms. The average Bonchev–Trinajstić information content (AvgIpc) is 3.26. The fourth-order valence-corrected chi connectivity index (χ4v) is 7.47. The van der Waals surface area contributed by atoms with Crippen molar-refractivity contribution in [3.63, 3.8) is 0 Å². The van der Waals surface area contributed by atoms with Crippen molar-refractivity contribution in [2.45, 2.75) is 225 Å². The van der Waals surface area contributed by atoms with Gasteiger partial charge in [-0.15, -0.1) is 0 Å². The fraction of sp³-hybridized carbons (Fsp3) is 0.745. The minimum Gasteiger partial charge on any atom is -0.480 e. The van der Waals surface area contributed by atoms with Crippen molar-refractivity contribution in [1.29, 1.82) is 0 Å². The molecule has 0 aliphatic heterocycles. The van der Waals surface area contributed by atoms with Gasteiger partial charge in [0.2, 0.25) is 0 Å². The van der Waals surface area contributed by atoms with Gasteiger partial charge in [0.1, 0.15) is 12.6 Å². The molecular formula is C51H90NO10P. The summed E-state index contributed by atoms with van der Waals surface area (Å²) in [6, 6.07) is -1.53. The van der Waals surface area contributed by atoms with Gasteiger partial charge in [0.25, 0.3) is 0 Å². The molecule has 0 amide bonds. The van der Waals surface area contributed by atoms with Gasteiger partial charge < -0.3 is 25.2 Å². The molecule has 0 aliphatic carbocycles. The van der Waals surface area contributed by atoms with Crippen LogP contribution >= 0.6 is 7.82 Å². The highest BCUT2D eigenvalue weighted by Crippen LogP contribution is 2.43. The lowest BCUT2D eigenvalue weighted by Gasteiger charge is -2.20. The zero-order valence-electron chi connectivity index (χ0n) is 39.7. The summed E-state index contributed by atoms with van der Waals surface area (Å²) in [6.07, 6.45) is 54.4. The normalized spacial score (nSPS) is 14.1. The Labute approximate surface area is 383 Å². The third-order valence-electron chi connectivity index (χ3n) is 10.5. The van der Waals surface area contributed by atoms with Crippen molar-refractivity contribution < 1.29 is 47.5 Å². The number of hydrogen-bond acceptors (Lipinski definition) is 9. The van der Waals surface area contributed by atoms with Gasteiger partial charge in [0, 0.05) is 12.8 Å². The number of rotatable bonds is 46. The summed E-state index contributed by atoms with van der Waals surface area (Å²) in [5.41, 5.74) is 5.34. The van der Waals surface area contributed by atoms with Crippen LogP contribution in [0.25, 0.3) is 0 Å². The van der Waals surface area contributed by atoms with Crippen molar-refractivity contribution >= 4 is 25.7 Å². The van der Waals surface area contributed by atoms with E-state index in [0.717, 1.165) is 51.4 Å². The van der Waals surface area contributed by atoms with E-state index in [9.17, 15) is 23.8 Å². The molecule has 3 unspecified atom stereocenters. The number of phosphoric acid groups is 1. The third-order valence-corrected chi connectivity index (χ3v) is 11.5. The Hall–Kier alpha value is -2.82. The van der Waals surface area contributed by atoms with Crippen LogP contribution in [0.1, 0.15) is 213 Å². The Morgan fingerprint density at radius 2 is 0.889 bits per heavy atom. The molecule has 11 nitrogen and oxygen atoms in total. The predicted molar refractivity (Wildman–Crippen MR) is 258 cm³/mol. The van der Waals surface area contributed by atoms with Gasteiger partial charge >= 0.3 is 25.7 Å². The molecule has 63 heavy (non-hydrogen) atoms. The largest absolute Gasteiger partial charge is 0.480 e. The Morgan fingerprint density at radius 3 is 1.32 bits per heavy atom. The quantitative estimate of drug-likeness (QED) is 0.0230. The highest BCUT2D eigenvalue weighted by atomic mass is 31.2. The number of phosphoric ester groups is 1. The van der Waals surface area contributed by atoms with Gasteiger partial charge in [-0.3, -0.25) is 23.4 Å². The van der Waals surface area contributed by atoms with Crippen LogP contribution in [0.5, 0.6) is 0 Å². The van der Waals surface area contributed by atoms with Gasteiger partial charge in [-0.05, 0) is 51.4 Å². The van der Waals surface area contributed by atoms with Crippen LogP contribution in [0.4, 0.5) is 0 Å². The molecule has 0 rings (SSSR count). The first kappa shape index (κ1) is 60.2. The smallest absolute Gasteiger partial charge is 0.472 e. The van der Waals surface area contributed by atoms with E-state index in [0.29, 0.717) is 19.3 Å². The molecule has 0 aromatic rings. The standard InChI is InChI=1S/C51H90NO10P/c1-3-5-7-9-11-13-15-17-19-21-22-23-24-25-27-28-30-32-34-36-38-40-42-49(53)59-44-47(45-60-63(57,58)61-46-48(52)51(55)56)62-50(54)43-41-39-37-35-33-31-29-26-20-18-16-14-12-10-8-6-4-2/h6,8,12,14,18,20,29,31,35,37,47-48H,3-5,7,9-11,13,15-17,19,21-28,30,32-34,36,38-46,52H2,1-2H3,(H,55,56)(H,57,58)/b8-6-,14-12-,20-18-,31-29-,37-35-. The first-order valence-electron chi connectivity index (χ1n) is 24.8. The van der Waals surface area contributed by atoms with Crippen LogP contribution in [0.15, 0.2) is 60.8 Å². The molecule has 0 aromatic carbocycles. The highest BCUT2D eigenvalue weighted by Gasteiger charge is 2.28. The Balaban J connectivity index is 4.30. The molecule has 12 heteroatoms. The van der Waals surface area contributed by atoms with Crippen LogP contribution in [0.2, 0.25) is 0 Å². The summed E-state index contributed by atoms with van der Waals surface area (Å²) in [6.45, 7) is 2.66. The number of nitrogens with two attached hydrogens (primary N) is 1. The average molecular weight is 908 g/mol. The Bertz CT molecular complexity index is 1300. The van der Waals surface area contributed by atoms with E-state index in [4.69, 9.17) is 24.8 Å². The first-order chi connectivity index (χ1) is 30.6. The monoisotopic (exact) mass is 908 g/mol. The minimum absolute atomic E-state index is 0.0823. The molecular weight excluding hydrogens is 818 g/mol. The number of esters is 2. The van der Waals surface area contributed by atoms with Crippen molar-refractivity contribution in [2.75, 3.05) is 19.8 Å². The number of allylic oxidation sites excluding steroid dienone is 10. The lowest BCUT2D eigenvalue weighted by Crippen LogP contribution is -2.34. The summed E-state index contributed by atoms with van der Waals surface area (Å²) in [5, 5.41) is 8.91.